The fraction of sp³-hybridized carbons (Fsp3) is 0.182. The average molecular weight is 222 g/mol. The van der Waals surface area contributed by atoms with Gasteiger partial charge in [0.25, 0.3) is 0 Å². The molecular weight excluding hydrogens is 211 g/mol. The van der Waals surface area contributed by atoms with E-state index < -0.39 is 5.82 Å². The van der Waals surface area contributed by atoms with E-state index in [-0.39, 0.29) is 12.4 Å². The molecule has 0 aliphatic carbocycles. The second kappa shape index (κ2) is 4.32. The molecule has 2 aromatic rings. The molecule has 1 aromatic heterocycles. The number of benzene rings is 1. The maximum absolute atomic E-state index is 13.1. The van der Waals surface area contributed by atoms with E-state index >= 15 is 0 Å². The first-order valence-corrected chi connectivity index (χ1v) is 4.84. The van der Waals surface area contributed by atoms with Crippen molar-refractivity contribution in [2.24, 2.45) is 0 Å². The minimum absolute atomic E-state index is 0.0512. The third-order valence-corrected chi connectivity index (χ3v) is 2.23. The fourth-order valence-electron chi connectivity index (χ4n) is 1.40. The molecule has 1 aromatic carbocycles. The van der Waals surface area contributed by atoms with Crippen LogP contribution in [0.2, 0.25) is 0 Å². The summed E-state index contributed by atoms with van der Waals surface area (Å²) in [6.07, 6.45) is 3.84. The van der Waals surface area contributed by atoms with Crippen molar-refractivity contribution >= 4 is 0 Å². The van der Waals surface area contributed by atoms with Gasteiger partial charge in [-0.1, -0.05) is 0 Å². The van der Waals surface area contributed by atoms with Crippen molar-refractivity contribution in [2.45, 2.75) is 6.42 Å². The average Bonchev–Trinajstić information content (AvgIpc) is 2.71. The summed E-state index contributed by atoms with van der Waals surface area (Å²) in [6, 6.07) is 4.04. The number of aliphatic hydroxyl groups excluding tert-OH is 1. The van der Waals surface area contributed by atoms with Gasteiger partial charge in [-0.2, -0.15) is 5.10 Å². The van der Waals surface area contributed by atoms with Crippen molar-refractivity contribution < 1.29 is 14.6 Å². The third-order valence-electron chi connectivity index (χ3n) is 2.23. The number of aromatic hydroxyl groups is 1. The van der Waals surface area contributed by atoms with Crippen molar-refractivity contribution in [2.75, 3.05) is 6.61 Å². The second-order valence-electron chi connectivity index (χ2n) is 3.40. The quantitative estimate of drug-likeness (QED) is 0.821. The van der Waals surface area contributed by atoms with Crippen LogP contribution in [-0.4, -0.2) is 26.6 Å². The van der Waals surface area contributed by atoms with E-state index in [2.05, 4.69) is 5.10 Å². The molecule has 0 unspecified atom stereocenters. The van der Waals surface area contributed by atoms with Crippen molar-refractivity contribution in [3.63, 3.8) is 0 Å². The number of rotatable bonds is 3. The molecule has 0 bridgehead atoms. The maximum Gasteiger partial charge on any atom is 0.166 e. The third kappa shape index (κ3) is 2.04. The Bertz CT molecular complexity index is 496. The highest BCUT2D eigenvalue weighted by Gasteiger charge is 2.04. The van der Waals surface area contributed by atoms with E-state index in [1.54, 1.807) is 18.5 Å². The lowest BCUT2D eigenvalue weighted by Gasteiger charge is -2.01. The molecule has 0 atom stereocenters. The minimum Gasteiger partial charge on any atom is -0.505 e. The SMILES string of the molecule is OCCc1cnn(-c2ccc(O)c(F)c2)c1. The van der Waals surface area contributed by atoms with Crippen LogP contribution < -0.4 is 0 Å². The van der Waals surface area contributed by atoms with E-state index in [1.807, 2.05) is 0 Å². The first-order valence-electron chi connectivity index (χ1n) is 4.84. The number of phenolic OH excluding ortho intramolecular Hbond substituents is 1. The lowest BCUT2D eigenvalue weighted by Crippen LogP contribution is -1.95. The summed E-state index contributed by atoms with van der Waals surface area (Å²) in [5, 5.41) is 21.8. The molecule has 16 heavy (non-hydrogen) atoms. The predicted molar refractivity (Wildman–Crippen MR) is 56.0 cm³/mol. The Morgan fingerprint density at radius 3 is 2.88 bits per heavy atom. The summed E-state index contributed by atoms with van der Waals surface area (Å²) >= 11 is 0. The Hall–Kier alpha value is -1.88. The number of phenols is 1. The van der Waals surface area contributed by atoms with Gasteiger partial charge in [0.05, 0.1) is 11.9 Å². The van der Waals surface area contributed by atoms with Crippen LogP contribution >= 0.6 is 0 Å². The summed E-state index contributed by atoms with van der Waals surface area (Å²) in [5.41, 5.74) is 1.40. The topological polar surface area (TPSA) is 58.3 Å². The van der Waals surface area contributed by atoms with Crippen molar-refractivity contribution in [1.29, 1.82) is 0 Å². The smallest absolute Gasteiger partial charge is 0.166 e. The molecule has 1 heterocycles. The molecule has 0 radical (unpaired) electrons. The number of aliphatic hydroxyl groups is 1. The van der Waals surface area contributed by atoms with Gasteiger partial charge in [0.2, 0.25) is 0 Å². The first-order chi connectivity index (χ1) is 7.70. The summed E-state index contributed by atoms with van der Waals surface area (Å²) in [6.45, 7) is 0.0512. The molecular formula is C11H11FN2O2. The lowest BCUT2D eigenvalue weighted by molar-refractivity contribution is 0.299. The van der Waals surface area contributed by atoms with Crippen molar-refractivity contribution in [1.82, 2.24) is 9.78 Å². The Labute approximate surface area is 91.6 Å². The van der Waals surface area contributed by atoms with E-state index in [9.17, 15) is 4.39 Å². The standard InChI is InChI=1S/C11H11FN2O2/c12-10-5-9(1-2-11(10)16)14-7-8(3-4-15)6-13-14/h1-2,5-7,15-16H,3-4H2. The van der Waals surface area contributed by atoms with E-state index in [0.29, 0.717) is 12.1 Å². The Balaban J connectivity index is 2.31. The van der Waals surface area contributed by atoms with Crippen LogP contribution in [0.3, 0.4) is 0 Å². The summed E-state index contributed by atoms with van der Waals surface area (Å²) in [5.74, 6) is -1.07. The minimum atomic E-state index is -0.684. The van der Waals surface area contributed by atoms with Gasteiger partial charge < -0.3 is 10.2 Å². The fourth-order valence-corrected chi connectivity index (χ4v) is 1.40. The van der Waals surface area contributed by atoms with Crippen LogP contribution in [0.15, 0.2) is 30.6 Å². The van der Waals surface area contributed by atoms with Gasteiger partial charge in [0, 0.05) is 18.9 Å². The second-order valence-corrected chi connectivity index (χ2v) is 3.40. The molecule has 5 heteroatoms. The van der Waals surface area contributed by atoms with Gasteiger partial charge in [0.15, 0.2) is 11.6 Å². The van der Waals surface area contributed by atoms with Crippen LogP contribution in [0, 0.1) is 5.82 Å². The lowest BCUT2D eigenvalue weighted by atomic mass is 10.2. The van der Waals surface area contributed by atoms with Crippen LogP contribution in [0.4, 0.5) is 4.39 Å². The van der Waals surface area contributed by atoms with Crippen LogP contribution in [0.25, 0.3) is 5.69 Å². The Kier molecular flexibility index (Phi) is 2.87. The monoisotopic (exact) mass is 222 g/mol. The molecule has 0 amide bonds. The zero-order valence-corrected chi connectivity index (χ0v) is 8.47. The first kappa shape index (κ1) is 10.6. The Morgan fingerprint density at radius 2 is 2.19 bits per heavy atom. The van der Waals surface area contributed by atoms with E-state index in [1.165, 1.54) is 16.8 Å². The number of aromatic nitrogens is 2. The molecule has 0 fully saturated rings. The zero-order valence-electron chi connectivity index (χ0n) is 8.47. The van der Waals surface area contributed by atoms with E-state index in [4.69, 9.17) is 10.2 Å². The molecule has 0 aliphatic heterocycles. The van der Waals surface area contributed by atoms with Crippen LogP contribution in [0.1, 0.15) is 5.56 Å². The highest BCUT2D eigenvalue weighted by Crippen LogP contribution is 2.18. The molecule has 84 valence electrons. The van der Waals surface area contributed by atoms with Gasteiger partial charge in [-0.3, -0.25) is 0 Å². The van der Waals surface area contributed by atoms with Gasteiger partial charge in [-0.05, 0) is 24.1 Å². The molecule has 0 aliphatic rings. The number of hydrogen-bond acceptors (Lipinski definition) is 3. The van der Waals surface area contributed by atoms with Gasteiger partial charge >= 0.3 is 0 Å². The van der Waals surface area contributed by atoms with Crippen LogP contribution in [0.5, 0.6) is 5.75 Å². The molecule has 4 nitrogen and oxygen atoms in total. The predicted octanol–water partition coefficient (Wildman–Crippen LogP) is 1.25. The highest BCUT2D eigenvalue weighted by atomic mass is 19.1. The molecule has 0 saturated heterocycles. The van der Waals surface area contributed by atoms with Crippen molar-refractivity contribution in [3.8, 4) is 11.4 Å². The van der Waals surface area contributed by atoms with E-state index in [0.717, 1.165) is 5.56 Å². The maximum atomic E-state index is 13.1. The summed E-state index contributed by atoms with van der Waals surface area (Å²) in [4.78, 5) is 0. The highest BCUT2D eigenvalue weighted by molar-refractivity contribution is 5.37. The largest absolute Gasteiger partial charge is 0.505 e. The number of nitrogens with zero attached hydrogens (tertiary/aromatic N) is 2. The van der Waals surface area contributed by atoms with Gasteiger partial charge in [-0.25, -0.2) is 9.07 Å². The van der Waals surface area contributed by atoms with Crippen molar-refractivity contribution in [3.05, 3.63) is 42.0 Å². The normalized spacial score (nSPS) is 10.6. The van der Waals surface area contributed by atoms with Crippen LogP contribution in [-0.2, 0) is 6.42 Å². The zero-order chi connectivity index (χ0) is 11.5. The summed E-state index contributed by atoms with van der Waals surface area (Å²) < 4.78 is 14.6. The molecule has 0 saturated carbocycles. The molecule has 0 spiro atoms. The Morgan fingerprint density at radius 1 is 1.38 bits per heavy atom. The van der Waals surface area contributed by atoms with Gasteiger partial charge in [-0.15, -0.1) is 0 Å². The van der Waals surface area contributed by atoms with Gasteiger partial charge in [0.1, 0.15) is 0 Å². The molecule has 2 N–H and O–H groups in total. The number of hydrogen-bond donors (Lipinski definition) is 2. The molecule has 2 rings (SSSR count). The number of halogens is 1. The summed E-state index contributed by atoms with van der Waals surface area (Å²) in [7, 11) is 0.